The van der Waals surface area contributed by atoms with Gasteiger partial charge in [0.2, 0.25) is 0 Å². The Morgan fingerprint density at radius 2 is 0.250 bits per heavy atom. The molecule has 0 saturated carbocycles. The standard InChI is InChI=1S/C110H182O10/c1-11-21-31-41-51-61-75-111-93-71-73-103(113-77-63-53-43-33-23-13-3)95(85-93)97-87-107(117-81-67-57-47-37-27-17-7)99(89-105(97)115-79-65-55-45-35-25-15-5)101-91-110(120-84-70-60-50-40-30-20-10)102(92-109(101)119-83-69-59-49-39-29-19-9)100-90-106(116-80-66-56-46-36-26-16-6)98(88-108(100)118-82-68-58-48-38-28-18-8)96-86-94(112-76-62-52-42-32-22-12-2)72-74-104(96)114-78-64-54-44-34-24-14-4/h71-74,85-92H,11-70,75-84H2,1-10H3. The van der Waals surface area contributed by atoms with Crippen LogP contribution in [0.4, 0.5) is 0 Å². The van der Waals surface area contributed by atoms with Gasteiger partial charge >= 0.3 is 0 Å². The summed E-state index contributed by atoms with van der Waals surface area (Å²) in [6.45, 7) is 29.0. The van der Waals surface area contributed by atoms with E-state index in [0.29, 0.717) is 66.1 Å². The minimum atomic E-state index is 0.556. The van der Waals surface area contributed by atoms with E-state index in [0.717, 1.165) is 230 Å². The molecule has 0 N–H and O–H groups in total. The molecule has 5 aromatic carbocycles. The average molecular weight is 1660 g/mol. The Morgan fingerprint density at radius 3 is 0.408 bits per heavy atom. The maximum absolute atomic E-state index is 7.53. The molecule has 0 fully saturated rings. The zero-order valence-electron chi connectivity index (χ0n) is 79.5. The summed E-state index contributed by atoms with van der Waals surface area (Å²) in [6.07, 6.45) is 70.3. The minimum absolute atomic E-state index is 0.556. The second-order valence-corrected chi connectivity index (χ2v) is 35.0. The van der Waals surface area contributed by atoms with Crippen molar-refractivity contribution in [3.63, 3.8) is 0 Å². The molecule has 0 spiro atoms. The number of ether oxygens (including phenoxy) is 10. The van der Waals surface area contributed by atoms with Crippen LogP contribution < -0.4 is 47.4 Å². The maximum atomic E-state index is 7.53. The number of unbranched alkanes of at least 4 members (excludes halogenated alkanes) is 50. The van der Waals surface area contributed by atoms with Crippen LogP contribution in [0.25, 0.3) is 44.5 Å². The highest BCUT2D eigenvalue weighted by atomic mass is 16.5. The molecule has 0 unspecified atom stereocenters. The quantitative estimate of drug-likeness (QED) is 0.0351. The van der Waals surface area contributed by atoms with Crippen LogP contribution in [0.3, 0.4) is 0 Å². The third-order valence-electron chi connectivity index (χ3n) is 23.9. The summed E-state index contributed by atoms with van der Waals surface area (Å²) >= 11 is 0. The van der Waals surface area contributed by atoms with Crippen molar-refractivity contribution in [3.05, 3.63) is 72.8 Å². The SMILES string of the molecule is CCCCCCCCOc1ccc(OCCCCCCCC)c(-c2cc(OCCCCCCCC)c(-c3cc(OCCCCCCCC)c(-c4cc(OCCCCCCCC)c(-c5cc(OCCCCCCCC)ccc5OCCCCCCCC)cc4OCCCCCCCC)cc3OCCCCCCCC)cc2OCCCCCCCC)c1. The fraction of sp³-hybridized carbons (Fsp3) is 0.727. The molecule has 682 valence electrons. The summed E-state index contributed by atoms with van der Waals surface area (Å²) in [5.41, 5.74) is 7.50. The molecule has 0 aliphatic carbocycles. The molecule has 0 radical (unpaired) electrons. The number of benzene rings is 5. The second-order valence-electron chi connectivity index (χ2n) is 35.0. The van der Waals surface area contributed by atoms with Crippen molar-refractivity contribution in [1.29, 1.82) is 0 Å². The zero-order valence-corrected chi connectivity index (χ0v) is 79.5. The molecule has 10 heteroatoms. The highest BCUT2D eigenvalue weighted by molar-refractivity contribution is 5.91. The van der Waals surface area contributed by atoms with E-state index in [-0.39, 0.29) is 0 Å². The second kappa shape index (κ2) is 72.4. The third kappa shape index (κ3) is 45.6. The van der Waals surface area contributed by atoms with Crippen LogP contribution in [0.1, 0.15) is 454 Å². The van der Waals surface area contributed by atoms with Gasteiger partial charge in [0.15, 0.2) is 0 Å². The van der Waals surface area contributed by atoms with Crippen molar-refractivity contribution in [2.75, 3.05) is 66.1 Å². The fourth-order valence-electron chi connectivity index (χ4n) is 16.2. The molecular weight excluding hydrogens is 1480 g/mol. The van der Waals surface area contributed by atoms with Gasteiger partial charge in [-0.15, -0.1) is 0 Å². The molecule has 0 aliphatic rings. The van der Waals surface area contributed by atoms with E-state index < -0.39 is 0 Å². The van der Waals surface area contributed by atoms with Crippen molar-refractivity contribution in [3.8, 4) is 102 Å². The lowest BCUT2D eigenvalue weighted by atomic mass is 9.92. The van der Waals surface area contributed by atoms with E-state index in [2.05, 4.69) is 142 Å². The van der Waals surface area contributed by atoms with Crippen LogP contribution >= 0.6 is 0 Å². The summed E-state index contributed by atoms with van der Waals surface area (Å²) in [5, 5.41) is 0. The first-order valence-electron chi connectivity index (χ1n) is 51.4. The van der Waals surface area contributed by atoms with Crippen molar-refractivity contribution >= 4 is 0 Å². The van der Waals surface area contributed by atoms with Gasteiger partial charge in [-0.1, -0.05) is 390 Å². The van der Waals surface area contributed by atoms with Gasteiger partial charge in [0.25, 0.3) is 0 Å². The molecule has 0 atom stereocenters. The lowest BCUT2D eigenvalue weighted by Gasteiger charge is -2.24. The highest BCUT2D eigenvalue weighted by Crippen LogP contribution is 2.53. The molecule has 0 amide bonds. The van der Waals surface area contributed by atoms with Gasteiger partial charge in [0, 0.05) is 44.5 Å². The van der Waals surface area contributed by atoms with Gasteiger partial charge in [-0.05, 0) is 137 Å². The summed E-state index contributed by atoms with van der Waals surface area (Å²) < 4.78 is 72.3. The first kappa shape index (κ1) is 105. The smallest absolute Gasteiger partial charge is 0.128 e. The summed E-state index contributed by atoms with van der Waals surface area (Å²) in [5.74, 6) is 8.08. The van der Waals surface area contributed by atoms with E-state index in [1.54, 1.807) is 0 Å². The lowest BCUT2D eigenvalue weighted by Crippen LogP contribution is -2.07. The largest absolute Gasteiger partial charge is 0.494 e. The van der Waals surface area contributed by atoms with Crippen LogP contribution in [0.2, 0.25) is 0 Å². The van der Waals surface area contributed by atoms with Gasteiger partial charge < -0.3 is 47.4 Å². The Bertz CT molecular complexity index is 3030. The monoisotopic (exact) mass is 1660 g/mol. The zero-order chi connectivity index (χ0) is 85.4. The Labute approximate surface area is 738 Å². The number of hydrogen-bond donors (Lipinski definition) is 0. The predicted octanol–water partition coefficient (Wildman–Crippen LogP) is 35.7. The van der Waals surface area contributed by atoms with Gasteiger partial charge in [-0.2, -0.15) is 0 Å². The Hall–Kier alpha value is -5.90. The summed E-state index contributed by atoms with van der Waals surface area (Å²) in [4.78, 5) is 0. The van der Waals surface area contributed by atoms with Crippen LogP contribution in [-0.2, 0) is 0 Å². The fourth-order valence-corrected chi connectivity index (χ4v) is 16.2. The molecule has 0 aliphatic heterocycles. The molecule has 0 bridgehead atoms. The van der Waals surface area contributed by atoms with E-state index in [1.807, 2.05) is 0 Å². The molecule has 0 saturated heterocycles. The molecular formula is C110H182O10. The minimum Gasteiger partial charge on any atom is -0.494 e. The van der Waals surface area contributed by atoms with Crippen LogP contribution in [0, 0.1) is 0 Å². The Balaban J connectivity index is 1.95. The molecule has 0 aromatic heterocycles. The van der Waals surface area contributed by atoms with E-state index in [9.17, 15) is 0 Å². The Kier molecular flexibility index (Phi) is 63.1. The molecule has 5 rings (SSSR count). The van der Waals surface area contributed by atoms with Crippen molar-refractivity contribution < 1.29 is 47.4 Å². The average Bonchev–Trinajstić information content (AvgIpc) is 0.757. The lowest BCUT2D eigenvalue weighted by molar-refractivity contribution is 0.292. The van der Waals surface area contributed by atoms with Crippen molar-refractivity contribution in [2.24, 2.45) is 0 Å². The van der Waals surface area contributed by atoms with Crippen LogP contribution in [0.15, 0.2) is 72.8 Å². The van der Waals surface area contributed by atoms with Crippen molar-refractivity contribution in [2.45, 2.75) is 454 Å². The molecule has 120 heavy (non-hydrogen) atoms. The van der Waals surface area contributed by atoms with Gasteiger partial charge in [0.05, 0.1) is 66.1 Å². The van der Waals surface area contributed by atoms with Gasteiger partial charge in [-0.3, -0.25) is 0 Å². The molecule has 0 heterocycles. The molecule has 5 aromatic rings. The van der Waals surface area contributed by atoms with E-state index in [1.165, 1.54) is 257 Å². The first-order valence-corrected chi connectivity index (χ1v) is 51.4. The van der Waals surface area contributed by atoms with Gasteiger partial charge in [-0.25, -0.2) is 0 Å². The van der Waals surface area contributed by atoms with E-state index >= 15 is 0 Å². The van der Waals surface area contributed by atoms with Crippen LogP contribution in [0.5, 0.6) is 57.5 Å². The van der Waals surface area contributed by atoms with Crippen molar-refractivity contribution in [1.82, 2.24) is 0 Å². The number of hydrogen-bond acceptors (Lipinski definition) is 10. The first-order chi connectivity index (χ1) is 59.3. The normalized spacial score (nSPS) is 11.4. The third-order valence-corrected chi connectivity index (χ3v) is 23.9. The predicted molar refractivity (Wildman–Crippen MR) is 517 cm³/mol. The Morgan fingerprint density at radius 1 is 0.125 bits per heavy atom. The molecule has 10 nitrogen and oxygen atoms in total. The van der Waals surface area contributed by atoms with Gasteiger partial charge in [0.1, 0.15) is 57.5 Å². The maximum Gasteiger partial charge on any atom is 0.128 e. The topological polar surface area (TPSA) is 92.3 Å². The van der Waals surface area contributed by atoms with Crippen LogP contribution in [-0.4, -0.2) is 66.1 Å². The summed E-state index contributed by atoms with van der Waals surface area (Å²) in [6, 6.07) is 26.8. The number of rotatable bonds is 84. The summed E-state index contributed by atoms with van der Waals surface area (Å²) in [7, 11) is 0. The highest BCUT2D eigenvalue weighted by Gasteiger charge is 2.28. The van der Waals surface area contributed by atoms with E-state index in [4.69, 9.17) is 47.4 Å².